The lowest BCUT2D eigenvalue weighted by Crippen LogP contribution is -2.41. The van der Waals surface area contributed by atoms with Crippen molar-refractivity contribution in [2.75, 3.05) is 0 Å². The van der Waals surface area contributed by atoms with Gasteiger partial charge in [0.15, 0.2) is 0 Å². The molecule has 8 nitrogen and oxygen atoms in total. The van der Waals surface area contributed by atoms with Crippen LogP contribution in [0, 0.1) is 5.82 Å². The summed E-state index contributed by atoms with van der Waals surface area (Å²) < 4.78 is 14.4. The van der Waals surface area contributed by atoms with E-state index in [2.05, 4.69) is 10.3 Å². The van der Waals surface area contributed by atoms with Gasteiger partial charge in [-0.05, 0) is 18.6 Å². The fourth-order valence-electron chi connectivity index (χ4n) is 1.85. The maximum atomic E-state index is 13.1. The smallest absolute Gasteiger partial charge is 0.326 e. The first-order chi connectivity index (χ1) is 10.4. The Bertz CT molecular complexity index is 743. The summed E-state index contributed by atoms with van der Waals surface area (Å²) in [5, 5.41) is 11.3. The Balaban J connectivity index is 2.14. The number of hydrogen-bond acceptors (Lipinski definition) is 4. The van der Waals surface area contributed by atoms with Gasteiger partial charge in [-0.25, -0.2) is 14.2 Å². The van der Waals surface area contributed by atoms with Crippen LogP contribution < -0.4 is 11.1 Å². The maximum absolute atomic E-state index is 13.1. The van der Waals surface area contributed by atoms with Gasteiger partial charge >= 0.3 is 5.97 Å². The zero-order valence-electron chi connectivity index (χ0n) is 11.3. The Labute approximate surface area is 123 Å². The van der Waals surface area contributed by atoms with Gasteiger partial charge in [0.05, 0.1) is 0 Å². The topological polar surface area (TPSA) is 127 Å². The first kappa shape index (κ1) is 15.4. The SMILES string of the molecule is NC(=O)CCC(NC(=O)c1cn2cc(F)ccc2n1)C(=O)O. The molecule has 0 radical (unpaired) electrons. The molecule has 1 atom stereocenters. The molecule has 0 aliphatic carbocycles. The average Bonchev–Trinajstić information content (AvgIpc) is 2.85. The van der Waals surface area contributed by atoms with Gasteiger partial charge in [0.25, 0.3) is 5.91 Å². The summed E-state index contributed by atoms with van der Waals surface area (Å²) in [4.78, 5) is 37.7. The molecular weight excluding hydrogens is 295 g/mol. The molecule has 0 aliphatic heterocycles. The van der Waals surface area contributed by atoms with Crippen molar-refractivity contribution in [1.82, 2.24) is 14.7 Å². The summed E-state index contributed by atoms with van der Waals surface area (Å²) in [5.74, 6) is -3.18. The number of nitrogens with one attached hydrogen (secondary N) is 1. The number of carbonyl (C=O) groups is 3. The van der Waals surface area contributed by atoms with Crippen LogP contribution in [0.4, 0.5) is 4.39 Å². The number of amides is 2. The van der Waals surface area contributed by atoms with Crippen molar-refractivity contribution < 1.29 is 23.9 Å². The normalized spacial score (nSPS) is 12.0. The molecule has 0 aromatic carbocycles. The summed E-state index contributed by atoms with van der Waals surface area (Å²) in [6.07, 6.45) is 2.12. The highest BCUT2D eigenvalue weighted by atomic mass is 19.1. The molecule has 22 heavy (non-hydrogen) atoms. The first-order valence-electron chi connectivity index (χ1n) is 6.33. The third-order valence-electron chi connectivity index (χ3n) is 2.93. The minimum Gasteiger partial charge on any atom is -0.480 e. The molecule has 0 saturated carbocycles. The van der Waals surface area contributed by atoms with Crippen LogP contribution in [-0.2, 0) is 9.59 Å². The molecule has 0 bridgehead atoms. The molecule has 0 aliphatic rings. The summed E-state index contributed by atoms with van der Waals surface area (Å²) in [7, 11) is 0. The van der Waals surface area contributed by atoms with Crippen LogP contribution in [0.25, 0.3) is 5.65 Å². The summed E-state index contributed by atoms with van der Waals surface area (Å²) in [6.45, 7) is 0. The van der Waals surface area contributed by atoms with Crippen molar-refractivity contribution in [3.8, 4) is 0 Å². The van der Waals surface area contributed by atoms with E-state index in [1.165, 1.54) is 22.7 Å². The van der Waals surface area contributed by atoms with Crippen molar-refractivity contribution in [1.29, 1.82) is 0 Å². The first-order valence-corrected chi connectivity index (χ1v) is 6.33. The highest BCUT2D eigenvalue weighted by Crippen LogP contribution is 2.08. The van der Waals surface area contributed by atoms with E-state index < -0.39 is 29.6 Å². The fourth-order valence-corrected chi connectivity index (χ4v) is 1.85. The van der Waals surface area contributed by atoms with Gasteiger partial charge in [0.1, 0.15) is 23.2 Å². The number of carboxylic acids is 1. The van der Waals surface area contributed by atoms with Gasteiger partial charge in [-0.3, -0.25) is 9.59 Å². The Morgan fingerprint density at radius 1 is 1.36 bits per heavy atom. The largest absolute Gasteiger partial charge is 0.480 e. The second kappa shape index (κ2) is 6.20. The molecule has 1 unspecified atom stereocenters. The Morgan fingerprint density at radius 3 is 2.73 bits per heavy atom. The van der Waals surface area contributed by atoms with E-state index in [4.69, 9.17) is 10.8 Å². The monoisotopic (exact) mass is 308 g/mol. The molecule has 2 rings (SSSR count). The zero-order chi connectivity index (χ0) is 16.3. The van der Waals surface area contributed by atoms with Crippen LogP contribution in [0.3, 0.4) is 0 Å². The third kappa shape index (κ3) is 3.57. The molecule has 2 amide bonds. The predicted molar refractivity (Wildman–Crippen MR) is 72.5 cm³/mol. The van der Waals surface area contributed by atoms with Gasteiger partial charge in [0, 0.05) is 18.8 Å². The molecule has 0 fully saturated rings. The lowest BCUT2D eigenvalue weighted by atomic mass is 10.1. The highest BCUT2D eigenvalue weighted by molar-refractivity contribution is 5.95. The number of carbonyl (C=O) groups excluding carboxylic acids is 2. The summed E-state index contributed by atoms with van der Waals surface area (Å²) in [5.41, 5.74) is 5.24. The van der Waals surface area contributed by atoms with Gasteiger partial charge in [0.2, 0.25) is 5.91 Å². The van der Waals surface area contributed by atoms with E-state index in [0.29, 0.717) is 5.65 Å². The Morgan fingerprint density at radius 2 is 2.09 bits per heavy atom. The van der Waals surface area contributed by atoms with Crippen molar-refractivity contribution in [2.24, 2.45) is 5.73 Å². The molecule has 9 heteroatoms. The number of aliphatic carboxylic acids is 1. The standard InChI is InChI=1S/C13H13FN4O4/c14-7-1-4-11-16-9(6-18(11)5-7)12(20)17-8(13(21)22)2-3-10(15)19/h1,4-6,8H,2-3H2,(H2,15,19)(H,17,20)(H,21,22). The van der Waals surface area contributed by atoms with Crippen molar-refractivity contribution in [3.05, 3.63) is 36.0 Å². The number of fused-ring (bicyclic) bond motifs is 1. The van der Waals surface area contributed by atoms with Crippen LogP contribution in [0.1, 0.15) is 23.3 Å². The average molecular weight is 308 g/mol. The molecule has 2 heterocycles. The van der Waals surface area contributed by atoms with Crippen molar-refractivity contribution >= 4 is 23.4 Å². The molecule has 2 aromatic heterocycles. The molecule has 0 spiro atoms. The Hall–Kier alpha value is -2.97. The second-order valence-corrected chi connectivity index (χ2v) is 4.61. The Kier molecular flexibility index (Phi) is 4.35. The number of primary amides is 1. The van der Waals surface area contributed by atoms with Crippen LogP contribution in [0.15, 0.2) is 24.5 Å². The molecule has 4 N–H and O–H groups in total. The van der Waals surface area contributed by atoms with Gasteiger partial charge in [-0.2, -0.15) is 0 Å². The number of nitrogens with two attached hydrogens (primary N) is 1. The predicted octanol–water partition coefficient (Wildman–Crippen LogP) is -0.0781. The van der Waals surface area contributed by atoms with E-state index in [9.17, 15) is 18.8 Å². The quantitative estimate of drug-likeness (QED) is 0.688. The van der Waals surface area contributed by atoms with Crippen LogP contribution in [-0.4, -0.2) is 38.3 Å². The van der Waals surface area contributed by atoms with Crippen LogP contribution in [0.2, 0.25) is 0 Å². The molecular formula is C13H13FN4O4. The van der Waals surface area contributed by atoms with Crippen molar-refractivity contribution in [2.45, 2.75) is 18.9 Å². The number of pyridine rings is 1. The minimum absolute atomic E-state index is 0.0593. The number of imidazole rings is 1. The van der Waals surface area contributed by atoms with E-state index >= 15 is 0 Å². The van der Waals surface area contributed by atoms with Crippen LogP contribution >= 0.6 is 0 Å². The lowest BCUT2D eigenvalue weighted by Gasteiger charge is -2.12. The molecule has 116 valence electrons. The third-order valence-corrected chi connectivity index (χ3v) is 2.93. The number of halogens is 1. The van der Waals surface area contributed by atoms with E-state index in [-0.39, 0.29) is 18.5 Å². The zero-order valence-corrected chi connectivity index (χ0v) is 11.3. The fraction of sp³-hybridized carbons (Fsp3) is 0.231. The summed E-state index contributed by atoms with van der Waals surface area (Å²) in [6, 6.07) is 1.31. The summed E-state index contributed by atoms with van der Waals surface area (Å²) >= 11 is 0. The minimum atomic E-state index is -1.29. The van der Waals surface area contributed by atoms with E-state index in [1.807, 2.05) is 0 Å². The molecule has 2 aromatic rings. The van der Waals surface area contributed by atoms with Crippen molar-refractivity contribution in [3.63, 3.8) is 0 Å². The van der Waals surface area contributed by atoms with Crippen LogP contribution in [0.5, 0.6) is 0 Å². The number of hydrogen-bond donors (Lipinski definition) is 3. The highest BCUT2D eigenvalue weighted by Gasteiger charge is 2.22. The second-order valence-electron chi connectivity index (χ2n) is 4.61. The number of aromatic nitrogens is 2. The van der Waals surface area contributed by atoms with Gasteiger partial charge in [-0.15, -0.1) is 0 Å². The maximum Gasteiger partial charge on any atom is 0.326 e. The number of rotatable bonds is 6. The van der Waals surface area contributed by atoms with E-state index in [1.54, 1.807) is 0 Å². The van der Waals surface area contributed by atoms with Gasteiger partial charge in [-0.1, -0.05) is 0 Å². The van der Waals surface area contributed by atoms with E-state index in [0.717, 1.165) is 6.20 Å². The molecule has 0 saturated heterocycles. The lowest BCUT2D eigenvalue weighted by molar-refractivity contribution is -0.139. The number of carboxylic acid groups (broad SMARTS) is 1. The number of nitrogens with zero attached hydrogens (tertiary/aromatic N) is 2. The van der Waals surface area contributed by atoms with Gasteiger partial charge < -0.3 is 20.6 Å².